The summed E-state index contributed by atoms with van der Waals surface area (Å²) in [5.74, 6) is 8.10. The molecule has 3 heteroatoms. The monoisotopic (exact) mass is 125 g/mol. The lowest BCUT2D eigenvalue weighted by molar-refractivity contribution is 0.226. The first-order valence-electron chi connectivity index (χ1n) is 3.02. The van der Waals surface area contributed by atoms with Gasteiger partial charge in [-0.15, -0.1) is 6.42 Å². The Morgan fingerprint density at radius 3 is 3.00 bits per heavy atom. The van der Waals surface area contributed by atoms with Crippen LogP contribution in [-0.4, -0.2) is 30.7 Å². The fourth-order valence-corrected chi connectivity index (χ4v) is 0.884. The first-order valence-corrected chi connectivity index (χ1v) is 3.02. The normalized spacial score (nSPS) is 29.6. The van der Waals surface area contributed by atoms with Crippen molar-refractivity contribution in [2.75, 3.05) is 19.6 Å². The topological polar surface area (TPSA) is 41.3 Å². The van der Waals surface area contributed by atoms with Crippen LogP contribution in [0.2, 0.25) is 0 Å². The molecule has 0 amide bonds. The Balaban J connectivity index is 2.34. The van der Waals surface area contributed by atoms with Crippen LogP contribution in [0.3, 0.4) is 0 Å². The van der Waals surface area contributed by atoms with Crippen LogP contribution in [0.1, 0.15) is 0 Å². The van der Waals surface area contributed by atoms with E-state index in [-0.39, 0.29) is 6.04 Å². The number of nitrogens with two attached hydrogens (primary N) is 1. The van der Waals surface area contributed by atoms with Gasteiger partial charge in [0.1, 0.15) is 0 Å². The van der Waals surface area contributed by atoms with Crippen molar-refractivity contribution in [2.24, 2.45) is 5.84 Å². The van der Waals surface area contributed by atoms with Crippen LogP contribution >= 0.6 is 0 Å². The number of rotatable bonds is 0. The fourth-order valence-electron chi connectivity index (χ4n) is 0.884. The van der Waals surface area contributed by atoms with Crippen LogP contribution < -0.4 is 11.2 Å². The molecule has 3 nitrogen and oxygen atoms in total. The van der Waals surface area contributed by atoms with E-state index in [1.165, 1.54) is 0 Å². The summed E-state index contributed by atoms with van der Waals surface area (Å²) in [4.78, 5) is 0. The van der Waals surface area contributed by atoms with Gasteiger partial charge in [-0.2, -0.15) is 0 Å². The van der Waals surface area contributed by atoms with Gasteiger partial charge < -0.3 is 5.32 Å². The predicted octanol–water partition coefficient (Wildman–Crippen LogP) is -1.23. The first-order chi connectivity index (χ1) is 4.33. The van der Waals surface area contributed by atoms with Gasteiger partial charge >= 0.3 is 0 Å². The molecule has 1 aliphatic heterocycles. The van der Waals surface area contributed by atoms with Gasteiger partial charge in [0.15, 0.2) is 0 Å². The summed E-state index contributed by atoms with van der Waals surface area (Å²) in [6, 6.07) is 0.142. The van der Waals surface area contributed by atoms with E-state index in [9.17, 15) is 0 Å². The quantitative estimate of drug-likeness (QED) is 0.314. The standard InChI is InChI=1S/C6H11N3/c1-2-6-5-9(7)4-3-8-6/h1,6,8H,3-5,7H2/t6-/m1/s1. The minimum atomic E-state index is 0.142. The highest BCUT2D eigenvalue weighted by molar-refractivity contribution is 5.01. The molecular formula is C6H11N3. The van der Waals surface area contributed by atoms with Crippen molar-refractivity contribution in [1.29, 1.82) is 0 Å². The Morgan fingerprint density at radius 2 is 2.56 bits per heavy atom. The molecule has 0 aromatic carbocycles. The Bertz CT molecular complexity index is 127. The summed E-state index contributed by atoms with van der Waals surface area (Å²) in [7, 11) is 0. The molecule has 50 valence electrons. The molecule has 1 rings (SSSR count). The minimum absolute atomic E-state index is 0.142. The largest absolute Gasteiger partial charge is 0.301 e. The number of hydrazine groups is 1. The lowest BCUT2D eigenvalue weighted by Gasteiger charge is -2.26. The highest BCUT2D eigenvalue weighted by atomic mass is 15.4. The SMILES string of the molecule is C#C[C@@H]1CN(N)CCN1. The number of hydrogen-bond acceptors (Lipinski definition) is 3. The Hall–Kier alpha value is -0.560. The first kappa shape index (κ1) is 6.56. The van der Waals surface area contributed by atoms with Crippen molar-refractivity contribution in [3.63, 3.8) is 0 Å². The van der Waals surface area contributed by atoms with Crippen LogP contribution in [0.4, 0.5) is 0 Å². The highest BCUT2D eigenvalue weighted by Crippen LogP contribution is 1.90. The van der Waals surface area contributed by atoms with Crippen LogP contribution in [0.5, 0.6) is 0 Å². The summed E-state index contributed by atoms with van der Waals surface area (Å²) < 4.78 is 0. The molecule has 3 N–H and O–H groups in total. The lowest BCUT2D eigenvalue weighted by atomic mass is 10.2. The zero-order chi connectivity index (χ0) is 6.69. The molecule has 1 fully saturated rings. The fraction of sp³-hybridized carbons (Fsp3) is 0.667. The maximum atomic E-state index is 5.50. The Labute approximate surface area is 55.2 Å². The molecule has 0 aromatic rings. The van der Waals surface area contributed by atoms with Crippen LogP contribution in [0.25, 0.3) is 0 Å². The van der Waals surface area contributed by atoms with Crippen molar-refractivity contribution in [1.82, 2.24) is 10.3 Å². The zero-order valence-corrected chi connectivity index (χ0v) is 5.30. The molecule has 0 aromatic heterocycles. The molecule has 0 radical (unpaired) electrons. The van der Waals surface area contributed by atoms with E-state index in [1.54, 1.807) is 5.01 Å². The van der Waals surface area contributed by atoms with Crippen LogP contribution in [0.15, 0.2) is 0 Å². The summed E-state index contributed by atoms with van der Waals surface area (Å²) in [6.45, 7) is 2.54. The van der Waals surface area contributed by atoms with Crippen molar-refractivity contribution in [3.8, 4) is 12.3 Å². The van der Waals surface area contributed by atoms with E-state index in [0.29, 0.717) is 0 Å². The zero-order valence-electron chi connectivity index (χ0n) is 5.30. The summed E-state index contributed by atoms with van der Waals surface area (Å²) >= 11 is 0. The molecule has 1 heterocycles. The third-order valence-electron chi connectivity index (χ3n) is 1.41. The number of nitrogens with zero attached hydrogens (tertiary/aromatic N) is 1. The summed E-state index contributed by atoms with van der Waals surface area (Å²) in [5.41, 5.74) is 0. The van der Waals surface area contributed by atoms with Gasteiger partial charge in [0, 0.05) is 19.6 Å². The molecular weight excluding hydrogens is 114 g/mol. The van der Waals surface area contributed by atoms with Crippen molar-refractivity contribution >= 4 is 0 Å². The summed E-state index contributed by atoms with van der Waals surface area (Å²) in [6.07, 6.45) is 5.17. The number of nitrogens with one attached hydrogen (secondary N) is 1. The van der Waals surface area contributed by atoms with E-state index in [1.807, 2.05) is 0 Å². The Morgan fingerprint density at radius 1 is 1.78 bits per heavy atom. The molecule has 0 unspecified atom stereocenters. The molecule has 1 aliphatic rings. The highest BCUT2D eigenvalue weighted by Gasteiger charge is 2.12. The second kappa shape index (κ2) is 2.83. The van der Waals surface area contributed by atoms with E-state index in [2.05, 4.69) is 11.2 Å². The van der Waals surface area contributed by atoms with Gasteiger partial charge in [-0.25, -0.2) is 5.01 Å². The average molecular weight is 125 g/mol. The molecule has 0 aliphatic carbocycles. The number of hydrogen-bond donors (Lipinski definition) is 2. The van der Waals surface area contributed by atoms with E-state index in [4.69, 9.17) is 12.3 Å². The number of piperazine rings is 1. The van der Waals surface area contributed by atoms with E-state index >= 15 is 0 Å². The molecule has 1 saturated heterocycles. The molecule has 9 heavy (non-hydrogen) atoms. The maximum Gasteiger partial charge on any atom is 0.0830 e. The Kier molecular flexibility index (Phi) is 2.06. The van der Waals surface area contributed by atoms with Gasteiger partial charge in [0.25, 0.3) is 0 Å². The maximum absolute atomic E-state index is 5.50. The van der Waals surface area contributed by atoms with Crippen LogP contribution in [0, 0.1) is 12.3 Å². The third kappa shape index (κ3) is 1.68. The van der Waals surface area contributed by atoms with Gasteiger partial charge in [0.05, 0.1) is 6.04 Å². The lowest BCUT2D eigenvalue weighted by Crippen LogP contribution is -2.52. The molecule has 0 bridgehead atoms. The van der Waals surface area contributed by atoms with E-state index < -0.39 is 0 Å². The van der Waals surface area contributed by atoms with Gasteiger partial charge in [0.2, 0.25) is 0 Å². The molecule has 1 atom stereocenters. The third-order valence-corrected chi connectivity index (χ3v) is 1.41. The minimum Gasteiger partial charge on any atom is -0.301 e. The van der Waals surface area contributed by atoms with E-state index in [0.717, 1.165) is 19.6 Å². The van der Waals surface area contributed by atoms with Crippen LogP contribution in [-0.2, 0) is 0 Å². The molecule has 0 saturated carbocycles. The van der Waals surface area contributed by atoms with Gasteiger partial charge in [-0.3, -0.25) is 5.84 Å². The van der Waals surface area contributed by atoms with Crippen molar-refractivity contribution in [3.05, 3.63) is 0 Å². The second-order valence-electron chi connectivity index (χ2n) is 2.17. The van der Waals surface area contributed by atoms with Gasteiger partial charge in [-0.1, -0.05) is 5.92 Å². The average Bonchev–Trinajstić information content (AvgIpc) is 1.88. The summed E-state index contributed by atoms with van der Waals surface area (Å²) in [5, 5.41) is 4.88. The van der Waals surface area contributed by atoms with Crippen molar-refractivity contribution < 1.29 is 0 Å². The predicted molar refractivity (Wildman–Crippen MR) is 36.4 cm³/mol. The molecule has 0 spiro atoms. The van der Waals surface area contributed by atoms with Gasteiger partial charge in [-0.05, 0) is 0 Å². The second-order valence-corrected chi connectivity index (χ2v) is 2.17. The smallest absolute Gasteiger partial charge is 0.0830 e. The number of terminal acetylenes is 1. The van der Waals surface area contributed by atoms with Crippen molar-refractivity contribution in [2.45, 2.75) is 6.04 Å².